The van der Waals surface area contributed by atoms with Crippen molar-refractivity contribution in [2.24, 2.45) is 0 Å². The number of carbonyl (C=O) groups excluding carboxylic acids is 1. The van der Waals surface area contributed by atoms with E-state index in [0.29, 0.717) is 31.8 Å². The predicted molar refractivity (Wildman–Crippen MR) is 91.5 cm³/mol. The van der Waals surface area contributed by atoms with Gasteiger partial charge in [0, 0.05) is 13.1 Å². The highest BCUT2D eigenvalue weighted by molar-refractivity contribution is 5.68. The lowest BCUT2D eigenvalue weighted by Gasteiger charge is -2.39. The molecule has 128 valence electrons. The molecule has 1 fully saturated rings. The summed E-state index contributed by atoms with van der Waals surface area (Å²) < 4.78 is 5.40. The number of likely N-dealkylation sites (tertiary alicyclic amines) is 1. The van der Waals surface area contributed by atoms with E-state index in [0.717, 1.165) is 6.42 Å². The molecule has 1 aromatic carbocycles. The molecule has 1 heterocycles. The Labute approximate surface area is 139 Å². The summed E-state index contributed by atoms with van der Waals surface area (Å²) in [4.78, 5) is 13.8. The minimum absolute atomic E-state index is 0.282. The second-order valence-corrected chi connectivity index (χ2v) is 7.71. The fraction of sp³-hybridized carbons (Fsp3) is 0.632. The van der Waals surface area contributed by atoms with Gasteiger partial charge in [0.15, 0.2) is 0 Å². The van der Waals surface area contributed by atoms with E-state index in [1.165, 1.54) is 5.56 Å². The van der Waals surface area contributed by atoms with Gasteiger partial charge in [0.25, 0.3) is 0 Å². The molecule has 0 saturated carbocycles. The van der Waals surface area contributed by atoms with E-state index in [9.17, 15) is 9.90 Å². The standard InChI is InChI=1S/C19H29NO3/c1-15(16-8-6-5-7-9-16)14-19(22)10-12-20(13-11-19)17(21)23-18(2,3)4/h5-9,15,22H,10-14H2,1-4H3. The lowest BCUT2D eigenvalue weighted by atomic mass is 9.81. The predicted octanol–water partition coefficient (Wildman–Crippen LogP) is 3.94. The first-order chi connectivity index (χ1) is 10.7. The molecule has 4 nitrogen and oxygen atoms in total. The van der Waals surface area contributed by atoms with E-state index in [1.54, 1.807) is 4.90 Å². The quantitative estimate of drug-likeness (QED) is 0.918. The summed E-state index contributed by atoms with van der Waals surface area (Å²) >= 11 is 0. The van der Waals surface area contributed by atoms with Gasteiger partial charge in [-0.15, -0.1) is 0 Å². The van der Waals surface area contributed by atoms with E-state index < -0.39 is 11.2 Å². The van der Waals surface area contributed by atoms with Gasteiger partial charge in [-0.2, -0.15) is 0 Å². The smallest absolute Gasteiger partial charge is 0.410 e. The number of rotatable bonds is 3. The van der Waals surface area contributed by atoms with Crippen LogP contribution in [-0.2, 0) is 4.74 Å². The topological polar surface area (TPSA) is 49.8 Å². The Bertz CT molecular complexity index is 513. The maximum Gasteiger partial charge on any atom is 0.410 e. The number of piperidine rings is 1. The van der Waals surface area contributed by atoms with Crippen molar-refractivity contribution in [2.45, 2.75) is 64.1 Å². The number of hydrogen-bond acceptors (Lipinski definition) is 3. The van der Waals surface area contributed by atoms with Crippen LogP contribution < -0.4 is 0 Å². The first-order valence-electron chi connectivity index (χ1n) is 8.44. The molecule has 1 aliphatic heterocycles. The van der Waals surface area contributed by atoms with Crippen LogP contribution in [0, 0.1) is 0 Å². The molecule has 1 amide bonds. The van der Waals surface area contributed by atoms with Crippen LogP contribution >= 0.6 is 0 Å². The Balaban J connectivity index is 1.88. The largest absolute Gasteiger partial charge is 0.444 e. The highest BCUT2D eigenvalue weighted by atomic mass is 16.6. The summed E-state index contributed by atoms with van der Waals surface area (Å²) in [5.41, 5.74) is 0.0657. The SMILES string of the molecule is CC(CC1(O)CCN(C(=O)OC(C)(C)C)CC1)c1ccccc1. The molecule has 0 bridgehead atoms. The molecule has 0 aromatic heterocycles. The fourth-order valence-corrected chi connectivity index (χ4v) is 3.11. The minimum Gasteiger partial charge on any atom is -0.444 e. The Hall–Kier alpha value is -1.55. The van der Waals surface area contributed by atoms with E-state index in [4.69, 9.17) is 4.74 Å². The van der Waals surface area contributed by atoms with Crippen LogP contribution in [0.3, 0.4) is 0 Å². The van der Waals surface area contributed by atoms with E-state index in [2.05, 4.69) is 19.1 Å². The van der Waals surface area contributed by atoms with Gasteiger partial charge < -0.3 is 14.7 Å². The number of aliphatic hydroxyl groups is 1. The van der Waals surface area contributed by atoms with Crippen LogP contribution in [0.2, 0.25) is 0 Å². The van der Waals surface area contributed by atoms with Gasteiger partial charge in [0.2, 0.25) is 0 Å². The summed E-state index contributed by atoms with van der Waals surface area (Å²) in [5.74, 6) is 0.300. The lowest BCUT2D eigenvalue weighted by molar-refractivity contribution is -0.0394. The lowest BCUT2D eigenvalue weighted by Crippen LogP contribution is -2.48. The van der Waals surface area contributed by atoms with Crippen molar-refractivity contribution in [2.75, 3.05) is 13.1 Å². The molecule has 1 aliphatic rings. The summed E-state index contributed by atoms with van der Waals surface area (Å²) in [7, 11) is 0. The number of benzene rings is 1. The van der Waals surface area contributed by atoms with Crippen LogP contribution in [0.4, 0.5) is 4.79 Å². The van der Waals surface area contributed by atoms with Crippen LogP contribution in [0.25, 0.3) is 0 Å². The molecular formula is C19H29NO3. The first kappa shape index (κ1) is 17.8. The molecule has 1 aromatic rings. The number of nitrogens with zero attached hydrogens (tertiary/aromatic N) is 1. The van der Waals surface area contributed by atoms with Gasteiger partial charge in [-0.1, -0.05) is 37.3 Å². The Kier molecular flexibility index (Phi) is 5.35. The number of ether oxygens (including phenoxy) is 1. The van der Waals surface area contributed by atoms with Gasteiger partial charge in [0.1, 0.15) is 5.60 Å². The highest BCUT2D eigenvalue weighted by Gasteiger charge is 2.36. The van der Waals surface area contributed by atoms with Gasteiger partial charge in [0.05, 0.1) is 5.60 Å². The zero-order chi connectivity index (χ0) is 17.1. The molecule has 1 atom stereocenters. The van der Waals surface area contributed by atoms with Crippen molar-refractivity contribution in [1.82, 2.24) is 4.90 Å². The molecule has 0 radical (unpaired) electrons. The number of hydrogen-bond donors (Lipinski definition) is 1. The summed E-state index contributed by atoms with van der Waals surface area (Å²) in [5, 5.41) is 10.9. The number of carbonyl (C=O) groups is 1. The molecule has 2 rings (SSSR count). The Morgan fingerprint density at radius 3 is 2.35 bits per heavy atom. The third-order valence-electron chi connectivity index (χ3n) is 4.40. The van der Waals surface area contributed by atoms with Gasteiger partial charge >= 0.3 is 6.09 Å². The maximum absolute atomic E-state index is 12.1. The van der Waals surface area contributed by atoms with Gasteiger partial charge in [-0.3, -0.25) is 0 Å². The summed E-state index contributed by atoms with van der Waals surface area (Å²) in [6, 6.07) is 10.3. The van der Waals surface area contributed by atoms with Crippen LogP contribution in [0.15, 0.2) is 30.3 Å². The monoisotopic (exact) mass is 319 g/mol. The third-order valence-corrected chi connectivity index (χ3v) is 4.40. The molecule has 1 saturated heterocycles. The van der Waals surface area contributed by atoms with Crippen molar-refractivity contribution in [1.29, 1.82) is 0 Å². The average molecular weight is 319 g/mol. The van der Waals surface area contributed by atoms with Crippen molar-refractivity contribution < 1.29 is 14.6 Å². The first-order valence-corrected chi connectivity index (χ1v) is 8.44. The number of amides is 1. The molecule has 1 unspecified atom stereocenters. The van der Waals surface area contributed by atoms with Crippen LogP contribution in [0.1, 0.15) is 58.4 Å². The van der Waals surface area contributed by atoms with E-state index in [-0.39, 0.29) is 6.09 Å². The molecule has 4 heteroatoms. The molecule has 0 spiro atoms. The molecule has 0 aliphatic carbocycles. The second kappa shape index (κ2) is 6.91. The van der Waals surface area contributed by atoms with Gasteiger partial charge in [-0.05, 0) is 51.5 Å². The minimum atomic E-state index is -0.701. The summed E-state index contributed by atoms with van der Waals surface area (Å²) in [6.07, 6.45) is 1.64. The second-order valence-electron chi connectivity index (χ2n) is 7.71. The van der Waals surface area contributed by atoms with Crippen LogP contribution in [0.5, 0.6) is 0 Å². The Morgan fingerprint density at radius 2 is 1.83 bits per heavy atom. The zero-order valence-corrected chi connectivity index (χ0v) is 14.7. The van der Waals surface area contributed by atoms with Crippen LogP contribution in [-0.4, -0.2) is 40.4 Å². The maximum atomic E-state index is 12.1. The fourth-order valence-electron chi connectivity index (χ4n) is 3.11. The molecular weight excluding hydrogens is 290 g/mol. The third kappa shape index (κ3) is 5.24. The summed E-state index contributed by atoms with van der Waals surface area (Å²) in [6.45, 7) is 8.85. The normalized spacial score (nSPS) is 19.3. The molecule has 1 N–H and O–H groups in total. The van der Waals surface area contributed by atoms with Crippen molar-refractivity contribution in [3.63, 3.8) is 0 Å². The zero-order valence-electron chi connectivity index (χ0n) is 14.7. The van der Waals surface area contributed by atoms with Crippen molar-refractivity contribution in [3.8, 4) is 0 Å². The molecule has 23 heavy (non-hydrogen) atoms. The van der Waals surface area contributed by atoms with E-state index >= 15 is 0 Å². The average Bonchev–Trinajstić information content (AvgIpc) is 2.46. The van der Waals surface area contributed by atoms with E-state index in [1.807, 2.05) is 39.0 Å². The van der Waals surface area contributed by atoms with Crippen molar-refractivity contribution in [3.05, 3.63) is 35.9 Å². The Morgan fingerprint density at radius 1 is 1.26 bits per heavy atom. The van der Waals surface area contributed by atoms with Gasteiger partial charge in [-0.25, -0.2) is 4.79 Å². The highest BCUT2D eigenvalue weighted by Crippen LogP contribution is 2.33. The van der Waals surface area contributed by atoms with Crippen molar-refractivity contribution >= 4 is 6.09 Å².